The topological polar surface area (TPSA) is 115 Å². The predicted octanol–water partition coefficient (Wildman–Crippen LogP) is 1.73. The Hall–Kier alpha value is -3.22. The summed E-state index contributed by atoms with van der Waals surface area (Å²) in [5, 5.41) is 12.6. The normalized spacial score (nSPS) is 19.9. The second-order valence-electron chi connectivity index (χ2n) is 7.01. The Morgan fingerprint density at radius 3 is 2.83 bits per heavy atom. The first-order valence-corrected chi connectivity index (χ1v) is 9.07. The third-order valence-corrected chi connectivity index (χ3v) is 4.88. The van der Waals surface area contributed by atoms with Crippen molar-refractivity contribution in [2.24, 2.45) is 7.05 Å². The van der Waals surface area contributed by atoms with Crippen LogP contribution in [-0.2, 0) is 13.2 Å². The molecule has 13 heteroatoms. The molecule has 30 heavy (non-hydrogen) atoms. The molecule has 1 aliphatic heterocycles. The van der Waals surface area contributed by atoms with Gasteiger partial charge in [-0.15, -0.1) is 5.10 Å². The van der Waals surface area contributed by atoms with Gasteiger partial charge < -0.3 is 16.4 Å². The summed E-state index contributed by atoms with van der Waals surface area (Å²) in [6, 6.07) is 1.58. The summed E-state index contributed by atoms with van der Waals surface area (Å²) in [6.45, 7) is 0.931. The minimum absolute atomic E-state index is 0.0257. The number of nitrogens with one attached hydrogen (secondary N) is 2. The van der Waals surface area contributed by atoms with Crippen molar-refractivity contribution in [2.45, 2.75) is 24.7 Å². The average Bonchev–Trinajstić information content (AvgIpc) is 3.20. The van der Waals surface area contributed by atoms with E-state index in [1.807, 2.05) is 0 Å². The molecular weight excluding hydrogens is 408 g/mol. The van der Waals surface area contributed by atoms with Crippen LogP contribution in [0.2, 0.25) is 0 Å². The SMILES string of the molecule is Cn1cc(NC(=O)c2c(N)nn3ccc(C4CNCCC4F)nc23)c(C(F)(F)F)n1. The van der Waals surface area contributed by atoms with Crippen LogP contribution >= 0.6 is 0 Å². The van der Waals surface area contributed by atoms with Gasteiger partial charge in [0, 0.05) is 31.9 Å². The maximum absolute atomic E-state index is 14.3. The lowest BCUT2D eigenvalue weighted by molar-refractivity contribution is -0.140. The van der Waals surface area contributed by atoms with Crippen molar-refractivity contribution in [1.82, 2.24) is 29.7 Å². The van der Waals surface area contributed by atoms with Crippen LogP contribution in [0.15, 0.2) is 18.5 Å². The predicted molar refractivity (Wildman–Crippen MR) is 98.7 cm³/mol. The highest BCUT2D eigenvalue weighted by molar-refractivity contribution is 6.11. The van der Waals surface area contributed by atoms with Crippen LogP contribution in [0.25, 0.3) is 5.65 Å². The summed E-state index contributed by atoms with van der Waals surface area (Å²) >= 11 is 0. The number of aryl methyl sites for hydroxylation is 1. The van der Waals surface area contributed by atoms with Crippen LogP contribution < -0.4 is 16.4 Å². The molecule has 160 valence electrons. The number of piperidine rings is 1. The third kappa shape index (κ3) is 3.56. The number of nitrogen functional groups attached to an aromatic ring is 1. The van der Waals surface area contributed by atoms with E-state index in [9.17, 15) is 22.4 Å². The first-order chi connectivity index (χ1) is 14.1. The molecule has 4 N–H and O–H groups in total. The molecule has 1 amide bonds. The van der Waals surface area contributed by atoms with E-state index in [1.165, 1.54) is 17.8 Å². The van der Waals surface area contributed by atoms with Crippen molar-refractivity contribution >= 4 is 23.1 Å². The summed E-state index contributed by atoms with van der Waals surface area (Å²) in [6.07, 6.45) is -3.02. The lowest BCUT2D eigenvalue weighted by atomic mass is 9.94. The van der Waals surface area contributed by atoms with Crippen LogP contribution in [0.1, 0.15) is 34.1 Å². The summed E-state index contributed by atoms with van der Waals surface area (Å²) < 4.78 is 56.0. The van der Waals surface area contributed by atoms with Crippen LogP contribution in [0.4, 0.5) is 29.1 Å². The second kappa shape index (κ2) is 7.23. The van der Waals surface area contributed by atoms with Crippen LogP contribution in [-0.4, -0.2) is 49.5 Å². The zero-order valence-electron chi connectivity index (χ0n) is 15.7. The van der Waals surface area contributed by atoms with Gasteiger partial charge in [0.15, 0.2) is 17.2 Å². The maximum atomic E-state index is 14.3. The number of carbonyl (C=O) groups is 1. The fourth-order valence-electron chi connectivity index (χ4n) is 3.48. The molecule has 0 bridgehead atoms. The first-order valence-electron chi connectivity index (χ1n) is 9.07. The molecular formula is C17H18F4N8O. The monoisotopic (exact) mass is 426 g/mol. The Balaban J connectivity index is 1.71. The Kier molecular flexibility index (Phi) is 4.84. The van der Waals surface area contributed by atoms with Gasteiger partial charge in [0.2, 0.25) is 0 Å². The minimum atomic E-state index is -4.76. The van der Waals surface area contributed by atoms with E-state index in [4.69, 9.17) is 5.73 Å². The molecule has 1 saturated heterocycles. The van der Waals surface area contributed by atoms with E-state index in [0.29, 0.717) is 25.2 Å². The Bertz CT molecular complexity index is 1110. The van der Waals surface area contributed by atoms with Gasteiger partial charge in [0.25, 0.3) is 5.91 Å². The smallest absolute Gasteiger partial charge is 0.381 e. The van der Waals surface area contributed by atoms with Gasteiger partial charge in [0.05, 0.1) is 11.4 Å². The number of fused-ring (bicyclic) bond motifs is 1. The molecule has 2 unspecified atom stereocenters. The highest BCUT2D eigenvalue weighted by Gasteiger charge is 2.38. The number of nitrogens with zero attached hydrogens (tertiary/aromatic N) is 5. The lowest BCUT2D eigenvalue weighted by Crippen LogP contribution is -2.36. The molecule has 0 aromatic carbocycles. The number of hydrogen-bond donors (Lipinski definition) is 3. The highest BCUT2D eigenvalue weighted by Crippen LogP contribution is 2.34. The molecule has 2 atom stereocenters. The van der Waals surface area contributed by atoms with Crippen molar-refractivity contribution in [3.05, 3.63) is 35.4 Å². The maximum Gasteiger partial charge on any atom is 0.437 e. The van der Waals surface area contributed by atoms with Gasteiger partial charge in [-0.2, -0.15) is 18.3 Å². The van der Waals surface area contributed by atoms with E-state index in [1.54, 1.807) is 6.07 Å². The second-order valence-corrected chi connectivity index (χ2v) is 7.01. The summed E-state index contributed by atoms with van der Waals surface area (Å²) in [5.41, 5.74) is 4.29. The van der Waals surface area contributed by atoms with Crippen molar-refractivity contribution in [1.29, 1.82) is 0 Å². The molecule has 1 aliphatic rings. The quantitative estimate of drug-likeness (QED) is 0.550. The van der Waals surface area contributed by atoms with Gasteiger partial charge in [-0.3, -0.25) is 9.48 Å². The number of nitrogens with two attached hydrogens (primary N) is 1. The van der Waals surface area contributed by atoms with Crippen LogP contribution in [0.5, 0.6) is 0 Å². The molecule has 0 saturated carbocycles. The van der Waals surface area contributed by atoms with Crippen LogP contribution in [0.3, 0.4) is 0 Å². The molecule has 9 nitrogen and oxygen atoms in total. The lowest BCUT2D eigenvalue weighted by Gasteiger charge is -2.26. The zero-order chi connectivity index (χ0) is 21.6. The Morgan fingerprint density at radius 2 is 2.13 bits per heavy atom. The minimum Gasteiger partial charge on any atom is -0.381 e. The number of anilines is 2. The fourth-order valence-corrected chi connectivity index (χ4v) is 3.48. The van der Waals surface area contributed by atoms with E-state index < -0.39 is 35.6 Å². The number of halogens is 4. The largest absolute Gasteiger partial charge is 0.437 e. The first kappa shape index (κ1) is 20.1. The molecule has 1 fully saturated rings. The summed E-state index contributed by atoms with van der Waals surface area (Å²) in [7, 11) is 1.30. The molecule has 0 radical (unpaired) electrons. The van der Waals surface area contributed by atoms with Crippen molar-refractivity contribution in [2.75, 3.05) is 24.1 Å². The van der Waals surface area contributed by atoms with Crippen molar-refractivity contribution in [3.63, 3.8) is 0 Å². The molecule has 0 spiro atoms. The molecule has 4 rings (SSSR count). The van der Waals surface area contributed by atoms with Crippen LogP contribution in [0, 0.1) is 0 Å². The van der Waals surface area contributed by atoms with Gasteiger partial charge in [-0.05, 0) is 19.0 Å². The van der Waals surface area contributed by atoms with Gasteiger partial charge in [-0.25, -0.2) is 13.9 Å². The highest BCUT2D eigenvalue weighted by atomic mass is 19.4. The Labute approximate surface area is 167 Å². The van der Waals surface area contributed by atoms with Crippen molar-refractivity contribution < 1.29 is 22.4 Å². The van der Waals surface area contributed by atoms with Gasteiger partial charge in [-0.1, -0.05) is 0 Å². The van der Waals surface area contributed by atoms with E-state index in [0.717, 1.165) is 10.9 Å². The summed E-state index contributed by atoms with van der Waals surface area (Å²) in [4.78, 5) is 17.1. The molecule has 3 aromatic rings. The van der Waals surface area contributed by atoms with E-state index in [-0.39, 0.29) is 17.0 Å². The fraction of sp³-hybridized carbons (Fsp3) is 0.412. The molecule has 0 aliphatic carbocycles. The Morgan fingerprint density at radius 1 is 1.37 bits per heavy atom. The molecule has 3 aromatic heterocycles. The number of hydrogen-bond acceptors (Lipinski definition) is 6. The van der Waals surface area contributed by atoms with E-state index >= 15 is 0 Å². The molecule has 4 heterocycles. The van der Waals surface area contributed by atoms with E-state index in [2.05, 4.69) is 25.8 Å². The number of aromatic nitrogens is 5. The number of carbonyl (C=O) groups excluding carboxylic acids is 1. The number of rotatable bonds is 3. The van der Waals surface area contributed by atoms with Gasteiger partial charge in [0.1, 0.15) is 11.7 Å². The number of alkyl halides is 4. The summed E-state index contributed by atoms with van der Waals surface area (Å²) in [5.74, 6) is -1.66. The zero-order valence-corrected chi connectivity index (χ0v) is 15.7. The number of amides is 1. The third-order valence-electron chi connectivity index (χ3n) is 4.88. The van der Waals surface area contributed by atoms with Gasteiger partial charge >= 0.3 is 6.18 Å². The average molecular weight is 426 g/mol. The van der Waals surface area contributed by atoms with Crippen molar-refractivity contribution in [3.8, 4) is 0 Å². The standard InChI is InChI=1S/C17H18F4N8O/c1-28-7-11(13(26-28)17(19,20)21)25-16(30)12-14(22)27-29-5-3-10(24-15(12)29)8-6-23-4-2-9(8)18/h3,5,7-9,23H,2,4,6H2,1H3,(H2,22,27)(H,25,30).